The summed E-state index contributed by atoms with van der Waals surface area (Å²) in [6.07, 6.45) is -0.139. The number of aliphatic carboxylic acids is 1. The number of nitriles is 1. The molecule has 1 aromatic rings. The summed E-state index contributed by atoms with van der Waals surface area (Å²) in [6.45, 7) is 3.68. The summed E-state index contributed by atoms with van der Waals surface area (Å²) in [5.74, 6) is -0.968. The lowest BCUT2D eigenvalue weighted by molar-refractivity contribution is -0.137. The predicted molar refractivity (Wildman–Crippen MR) is 81.9 cm³/mol. The van der Waals surface area contributed by atoms with Crippen LogP contribution in [0.25, 0.3) is 0 Å². The van der Waals surface area contributed by atoms with Crippen molar-refractivity contribution >= 4 is 33.6 Å². The van der Waals surface area contributed by atoms with Gasteiger partial charge in [-0.05, 0) is 40.0 Å². The summed E-state index contributed by atoms with van der Waals surface area (Å²) in [6, 6.07) is 5.82. The number of amides is 2. The number of benzene rings is 1. The van der Waals surface area contributed by atoms with E-state index in [1.54, 1.807) is 18.2 Å². The molecule has 21 heavy (non-hydrogen) atoms. The minimum absolute atomic E-state index is 0.00347. The number of nitrogens with zero attached hydrogens (tertiary/aromatic N) is 1. The number of nitrogens with one attached hydrogen (secondary N) is 2. The average molecular weight is 354 g/mol. The fourth-order valence-corrected chi connectivity index (χ4v) is 2.13. The van der Waals surface area contributed by atoms with Crippen LogP contribution in [0.4, 0.5) is 10.5 Å². The molecule has 7 heteroatoms. The van der Waals surface area contributed by atoms with E-state index in [9.17, 15) is 9.59 Å². The predicted octanol–water partition coefficient (Wildman–Crippen LogP) is 2.94. The van der Waals surface area contributed by atoms with Gasteiger partial charge in [0.2, 0.25) is 0 Å². The van der Waals surface area contributed by atoms with Crippen LogP contribution in [0.15, 0.2) is 22.7 Å². The maximum atomic E-state index is 11.9. The Balaban J connectivity index is 2.72. The lowest BCUT2D eigenvalue weighted by atomic mass is 10.0. The van der Waals surface area contributed by atoms with Gasteiger partial charge in [0.15, 0.2) is 0 Å². The van der Waals surface area contributed by atoms with Gasteiger partial charge in [-0.1, -0.05) is 13.8 Å². The second kappa shape index (κ2) is 7.64. The van der Waals surface area contributed by atoms with Gasteiger partial charge in [0, 0.05) is 10.5 Å². The molecule has 0 bridgehead atoms. The Hall–Kier alpha value is -2.07. The fraction of sp³-hybridized carbons (Fsp3) is 0.357. The molecule has 0 heterocycles. The van der Waals surface area contributed by atoms with Gasteiger partial charge in [-0.2, -0.15) is 5.26 Å². The number of carboxylic acid groups (broad SMARTS) is 1. The molecule has 1 unspecified atom stereocenters. The summed E-state index contributed by atoms with van der Waals surface area (Å²) < 4.78 is 0.580. The Morgan fingerprint density at radius 1 is 1.43 bits per heavy atom. The van der Waals surface area contributed by atoms with Crippen molar-refractivity contribution in [3.8, 4) is 6.07 Å². The number of rotatable bonds is 5. The minimum atomic E-state index is -0.964. The van der Waals surface area contributed by atoms with Gasteiger partial charge in [-0.15, -0.1) is 0 Å². The van der Waals surface area contributed by atoms with Crippen molar-refractivity contribution in [3.63, 3.8) is 0 Å². The number of halogens is 1. The van der Waals surface area contributed by atoms with E-state index in [0.717, 1.165) is 0 Å². The third-order valence-electron chi connectivity index (χ3n) is 2.86. The summed E-state index contributed by atoms with van der Waals surface area (Å²) >= 11 is 3.26. The summed E-state index contributed by atoms with van der Waals surface area (Å²) in [4.78, 5) is 22.7. The Labute approximate surface area is 131 Å². The molecule has 0 aromatic heterocycles. The fourth-order valence-electron chi connectivity index (χ4n) is 1.65. The Bertz CT molecular complexity index is 581. The number of carbonyl (C=O) groups is 2. The van der Waals surface area contributed by atoms with Crippen molar-refractivity contribution in [3.05, 3.63) is 28.2 Å². The Kier molecular flexibility index (Phi) is 6.18. The number of carbonyl (C=O) groups excluding carboxylic acids is 1. The van der Waals surface area contributed by atoms with Gasteiger partial charge >= 0.3 is 12.0 Å². The van der Waals surface area contributed by atoms with Crippen molar-refractivity contribution in [2.75, 3.05) is 5.32 Å². The second-order valence-electron chi connectivity index (χ2n) is 4.85. The topological polar surface area (TPSA) is 102 Å². The molecule has 6 nitrogen and oxygen atoms in total. The normalized spacial score (nSPS) is 11.6. The zero-order valence-corrected chi connectivity index (χ0v) is 13.3. The summed E-state index contributed by atoms with van der Waals surface area (Å²) in [7, 11) is 0. The van der Waals surface area contributed by atoms with Crippen LogP contribution in [0.2, 0.25) is 0 Å². The first-order valence-corrected chi connectivity index (χ1v) is 7.11. The van der Waals surface area contributed by atoms with Gasteiger partial charge in [0.05, 0.1) is 23.7 Å². The lowest BCUT2D eigenvalue weighted by Gasteiger charge is -2.21. The molecule has 0 spiro atoms. The molecule has 1 atom stereocenters. The molecule has 0 aliphatic heterocycles. The largest absolute Gasteiger partial charge is 0.481 e. The highest BCUT2D eigenvalue weighted by Crippen LogP contribution is 2.23. The number of anilines is 1. The van der Waals surface area contributed by atoms with Crippen LogP contribution in [0.5, 0.6) is 0 Å². The van der Waals surface area contributed by atoms with Crippen molar-refractivity contribution in [2.45, 2.75) is 26.3 Å². The van der Waals surface area contributed by atoms with Gasteiger partial charge in [-0.3, -0.25) is 4.79 Å². The van der Waals surface area contributed by atoms with E-state index < -0.39 is 18.0 Å². The Morgan fingerprint density at radius 2 is 2.10 bits per heavy atom. The van der Waals surface area contributed by atoms with Crippen molar-refractivity contribution in [1.29, 1.82) is 5.26 Å². The van der Waals surface area contributed by atoms with E-state index in [1.807, 2.05) is 19.9 Å². The molecule has 1 rings (SSSR count). The van der Waals surface area contributed by atoms with Crippen molar-refractivity contribution in [2.24, 2.45) is 5.92 Å². The molecule has 0 fully saturated rings. The van der Waals surface area contributed by atoms with Crippen molar-refractivity contribution < 1.29 is 14.7 Å². The van der Waals surface area contributed by atoms with Crippen LogP contribution in [-0.2, 0) is 4.79 Å². The molecule has 0 saturated carbocycles. The van der Waals surface area contributed by atoms with Gasteiger partial charge in [-0.25, -0.2) is 4.79 Å². The summed E-state index contributed by atoms with van der Waals surface area (Å²) in [5, 5.41) is 22.9. The SMILES string of the molecule is CC(C)C(CC(=O)O)NC(=O)Nc1ccc(C#N)cc1Br. The van der Waals surface area contributed by atoms with E-state index in [4.69, 9.17) is 10.4 Å². The third kappa shape index (κ3) is 5.44. The first-order valence-electron chi connectivity index (χ1n) is 6.32. The van der Waals surface area contributed by atoms with Crippen LogP contribution >= 0.6 is 15.9 Å². The van der Waals surface area contributed by atoms with Gasteiger partial charge in [0.1, 0.15) is 0 Å². The zero-order valence-electron chi connectivity index (χ0n) is 11.7. The van der Waals surface area contributed by atoms with Crippen LogP contribution < -0.4 is 10.6 Å². The second-order valence-corrected chi connectivity index (χ2v) is 5.71. The van der Waals surface area contributed by atoms with Crippen LogP contribution in [-0.4, -0.2) is 23.1 Å². The summed E-state index contributed by atoms with van der Waals surface area (Å²) in [5.41, 5.74) is 0.975. The minimum Gasteiger partial charge on any atom is -0.481 e. The standard InChI is InChI=1S/C14H16BrN3O3/c1-8(2)12(6-13(19)20)18-14(21)17-11-4-3-9(7-16)5-10(11)15/h3-5,8,12H,6H2,1-2H3,(H,19,20)(H2,17,18,21). The van der Waals surface area contributed by atoms with Crippen LogP contribution in [0.1, 0.15) is 25.8 Å². The molecule has 112 valence electrons. The van der Waals surface area contributed by atoms with Gasteiger partial charge < -0.3 is 15.7 Å². The molecule has 2 amide bonds. The highest BCUT2D eigenvalue weighted by atomic mass is 79.9. The van der Waals surface area contributed by atoms with Crippen LogP contribution in [0.3, 0.4) is 0 Å². The average Bonchev–Trinajstić information content (AvgIpc) is 2.39. The zero-order chi connectivity index (χ0) is 16.0. The molecular weight excluding hydrogens is 338 g/mol. The molecular formula is C14H16BrN3O3. The molecule has 0 aliphatic carbocycles. The van der Waals surface area contributed by atoms with E-state index in [0.29, 0.717) is 15.7 Å². The lowest BCUT2D eigenvalue weighted by Crippen LogP contribution is -2.42. The molecule has 0 radical (unpaired) electrons. The third-order valence-corrected chi connectivity index (χ3v) is 3.52. The monoisotopic (exact) mass is 353 g/mol. The first-order chi connectivity index (χ1) is 9.83. The highest BCUT2D eigenvalue weighted by Gasteiger charge is 2.19. The highest BCUT2D eigenvalue weighted by molar-refractivity contribution is 9.10. The quantitative estimate of drug-likeness (QED) is 0.756. The maximum absolute atomic E-state index is 11.9. The Morgan fingerprint density at radius 3 is 2.57 bits per heavy atom. The van der Waals surface area contributed by atoms with E-state index in [2.05, 4.69) is 26.6 Å². The number of hydrogen-bond donors (Lipinski definition) is 3. The molecule has 0 aliphatic rings. The first kappa shape index (κ1) is 17.0. The van der Waals surface area contributed by atoms with Crippen molar-refractivity contribution in [1.82, 2.24) is 5.32 Å². The number of carboxylic acids is 1. The van der Waals surface area contributed by atoms with Gasteiger partial charge in [0.25, 0.3) is 0 Å². The van der Waals surface area contributed by atoms with E-state index >= 15 is 0 Å². The smallest absolute Gasteiger partial charge is 0.319 e. The molecule has 3 N–H and O–H groups in total. The maximum Gasteiger partial charge on any atom is 0.319 e. The number of hydrogen-bond acceptors (Lipinski definition) is 3. The molecule has 1 aromatic carbocycles. The molecule has 0 saturated heterocycles. The van der Waals surface area contributed by atoms with Crippen LogP contribution in [0, 0.1) is 17.2 Å². The number of urea groups is 1. The van der Waals surface area contributed by atoms with E-state index in [-0.39, 0.29) is 12.3 Å². The van der Waals surface area contributed by atoms with E-state index in [1.165, 1.54) is 0 Å².